The Kier molecular flexibility index (Phi) is 5.28. The molecule has 0 aliphatic heterocycles. The Morgan fingerprint density at radius 2 is 2.00 bits per heavy atom. The lowest BCUT2D eigenvalue weighted by Crippen LogP contribution is -2.54. The van der Waals surface area contributed by atoms with E-state index in [9.17, 15) is 18.0 Å². The van der Waals surface area contributed by atoms with Crippen molar-refractivity contribution in [3.63, 3.8) is 0 Å². The van der Waals surface area contributed by atoms with E-state index >= 15 is 0 Å². The Hall–Kier alpha value is -1.27. The number of nitrogens with one attached hydrogen (secondary N) is 1. The van der Waals surface area contributed by atoms with E-state index in [0.717, 1.165) is 18.6 Å². The lowest BCUT2D eigenvalue weighted by molar-refractivity contribution is -0.137. The minimum Gasteiger partial charge on any atom is -0.345 e. The van der Waals surface area contributed by atoms with Crippen LogP contribution in [0.5, 0.6) is 0 Å². The van der Waals surface area contributed by atoms with E-state index in [2.05, 4.69) is 5.32 Å². The molecule has 0 bridgehead atoms. The van der Waals surface area contributed by atoms with Crippen LogP contribution in [0.2, 0.25) is 0 Å². The molecule has 0 saturated heterocycles. The molecule has 0 unspecified atom stereocenters. The maximum atomic E-state index is 12.8. The second-order valence-electron chi connectivity index (χ2n) is 5.29. The molecular weight excluding hydrogens is 305 g/mol. The SMILES string of the molecule is C[C@H](N)C(=O)NC1(c2cccc(C(F)(F)F)c2)CCC1.Cl. The van der Waals surface area contributed by atoms with Gasteiger partial charge in [0.15, 0.2) is 0 Å². The Labute approximate surface area is 127 Å². The van der Waals surface area contributed by atoms with Gasteiger partial charge >= 0.3 is 6.18 Å². The van der Waals surface area contributed by atoms with Crippen LogP contribution in [0.3, 0.4) is 0 Å². The number of halogens is 4. The van der Waals surface area contributed by atoms with E-state index in [1.54, 1.807) is 13.0 Å². The number of carbonyl (C=O) groups is 1. The zero-order chi connectivity index (χ0) is 15.0. The van der Waals surface area contributed by atoms with Crippen LogP contribution in [0.4, 0.5) is 13.2 Å². The van der Waals surface area contributed by atoms with Gasteiger partial charge in [-0.3, -0.25) is 4.79 Å². The van der Waals surface area contributed by atoms with Gasteiger partial charge in [0.1, 0.15) is 0 Å². The summed E-state index contributed by atoms with van der Waals surface area (Å²) in [6.45, 7) is 1.55. The Morgan fingerprint density at radius 3 is 2.43 bits per heavy atom. The van der Waals surface area contributed by atoms with Crippen molar-refractivity contribution in [1.29, 1.82) is 0 Å². The van der Waals surface area contributed by atoms with Crippen molar-refractivity contribution in [1.82, 2.24) is 5.32 Å². The molecule has 1 atom stereocenters. The Morgan fingerprint density at radius 1 is 1.38 bits per heavy atom. The second kappa shape index (κ2) is 6.23. The highest BCUT2D eigenvalue weighted by atomic mass is 35.5. The van der Waals surface area contributed by atoms with Crippen LogP contribution in [0.1, 0.15) is 37.3 Å². The molecule has 1 fully saturated rings. The number of carbonyl (C=O) groups excluding carboxylic acids is 1. The van der Waals surface area contributed by atoms with Gasteiger partial charge in [-0.15, -0.1) is 12.4 Å². The number of rotatable bonds is 3. The van der Waals surface area contributed by atoms with Gasteiger partial charge in [-0.1, -0.05) is 12.1 Å². The molecule has 1 saturated carbocycles. The van der Waals surface area contributed by atoms with Gasteiger partial charge < -0.3 is 11.1 Å². The highest BCUT2D eigenvalue weighted by Gasteiger charge is 2.41. The van der Waals surface area contributed by atoms with Crippen molar-refractivity contribution < 1.29 is 18.0 Å². The van der Waals surface area contributed by atoms with Crippen LogP contribution in [-0.4, -0.2) is 11.9 Å². The smallest absolute Gasteiger partial charge is 0.345 e. The highest BCUT2D eigenvalue weighted by molar-refractivity contribution is 5.85. The molecule has 7 heteroatoms. The van der Waals surface area contributed by atoms with Gasteiger partial charge in [-0.25, -0.2) is 0 Å². The molecule has 0 aromatic heterocycles. The van der Waals surface area contributed by atoms with Crippen LogP contribution >= 0.6 is 12.4 Å². The second-order valence-corrected chi connectivity index (χ2v) is 5.29. The number of benzene rings is 1. The molecule has 2 rings (SSSR count). The van der Waals surface area contributed by atoms with Crippen molar-refractivity contribution in [2.75, 3.05) is 0 Å². The zero-order valence-corrected chi connectivity index (χ0v) is 12.4. The fraction of sp³-hybridized carbons (Fsp3) is 0.500. The molecule has 118 valence electrons. The molecule has 0 heterocycles. The summed E-state index contributed by atoms with van der Waals surface area (Å²) in [5, 5.41) is 2.79. The third-order valence-electron chi connectivity index (χ3n) is 3.73. The topological polar surface area (TPSA) is 55.1 Å². The van der Waals surface area contributed by atoms with Crippen LogP contribution in [0.15, 0.2) is 24.3 Å². The minimum atomic E-state index is -4.38. The Bertz CT molecular complexity index is 513. The maximum absolute atomic E-state index is 12.8. The van der Waals surface area contributed by atoms with Gasteiger partial charge in [0.05, 0.1) is 17.1 Å². The molecule has 1 aromatic carbocycles. The van der Waals surface area contributed by atoms with E-state index < -0.39 is 23.3 Å². The summed E-state index contributed by atoms with van der Waals surface area (Å²) in [5.74, 6) is -0.345. The Balaban J connectivity index is 0.00000220. The first-order chi connectivity index (χ1) is 9.24. The van der Waals surface area contributed by atoms with Crippen molar-refractivity contribution in [3.8, 4) is 0 Å². The van der Waals surface area contributed by atoms with E-state index in [4.69, 9.17) is 5.73 Å². The van der Waals surface area contributed by atoms with Gasteiger partial charge in [-0.2, -0.15) is 13.2 Å². The fourth-order valence-corrected chi connectivity index (χ4v) is 2.36. The summed E-state index contributed by atoms with van der Waals surface area (Å²) in [6, 6.07) is 4.45. The van der Waals surface area contributed by atoms with E-state index in [0.29, 0.717) is 18.4 Å². The first-order valence-electron chi connectivity index (χ1n) is 6.50. The zero-order valence-electron chi connectivity index (χ0n) is 11.5. The van der Waals surface area contributed by atoms with Crippen LogP contribution in [-0.2, 0) is 16.5 Å². The van der Waals surface area contributed by atoms with Gasteiger partial charge in [0.25, 0.3) is 0 Å². The predicted octanol–water partition coefficient (Wildman–Crippen LogP) is 2.97. The standard InChI is InChI=1S/C14H17F3N2O.ClH/c1-9(18)12(20)19-13(6-3-7-13)10-4-2-5-11(8-10)14(15,16)17;/h2,4-5,8-9H,3,6-7,18H2,1H3,(H,19,20);1H/t9-;/m0./s1. The first-order valence-corrected chi connectivity index (χ1v) is 6.50. The number of amides is 1. The molecule has 1 aliphatic rings. The first kappa shape index (κ1) is 17.8. The van der Waals surface area contributed by atoms with Crippen LogP contribution < -0.4 is 11.1 Å². The van der Waals surface area contributed by atoms with Crippen LogP contribution in [0.25, 0.3) is 0 Å². The largest absolute Gasteiger partial charge is 0.416 e. The van der Waals surface area contributed by atoms with E-state index in [1.165, 1.54) is 6.07 Å². The van der Waals surface area contributed by atoms with E-state index in [-0.39, 0.29) is 18.3 Å². The van der Waals surface area contributed by atoms with Crippen molar-refractivity contribution in [2.45, 2.75) is 43.9 Å². The summed E-state index contributed by atoms with van der Waals surface area (Å²) in [4.78, 5) is 11.7. The summed E-state index contributed by atoms with van der Waals surface area (Å²) in [5.41, 5.74) is 4.60. The normalized spacial score (nSPS) is 18.1. The summed E-state index contributed by atoms with van der Waals surface area (Å²) < 4.78 is 38.3. The van der Waals surface area contributed by atoms with Gasteiger partial charge in [0, 0.05) is 0 Å². The average molecular weight is 323 g/mol. The minimum absolute atomic E-state index is 0. The molecule has 3 nitrogen and oxygen atoms in total. The average Bonchev–Trinajstić information content (AvgIpc) is 2.32. The fourth-order valence-electron chi connectivity index (χ4n) is 2.36. The summed E-state index contributed by atoms with van der Waals surface area (Å²) >= 11 is 0. The molecule has 0 spiro atoms. The maximum Gasteiger partial charge on any atom is 0.416 e. The summed E-state index contributed by atoms with van der Waals surface area (Å²) in [7, 11) is 0. The van der Waals surface area contributed by atoms with Gasteiger partial charge in [0.2, 0.25) is 5.91 Å². The molecule has 1 aromatic rings. The molecule has 1 aliphatic carbocycles. The highest BCUT2D eigenvalue weighted by Crippen LogP contribution is 2.42. The van der Waals surface area contributed by atoms with Crippen molar-refractivity contribution >= 4 is 18.3 Å². The number of alkyl halides is 3. The monoisotopic (exact) mass is 322 g/mol. The molecule has 1 amide bonds. The third-order valence-corrected chi connectivity index (χ3v) is 3.73. The lowest BCUT2D eigenvalue weighted by Gasteiger charge is -2.43. The van der Waals surface area contributed by atoms with Crippen molar-refractivity contribution in [3.05, 3.63) is 35.4 Å². The van der Waals surface area contributed by atoms with Crippen molar-refractivity contribution in [2.24, 2.45) is 5.73 Å². The molecular formula is C14H18ClF3N2O. The molecule has 21 heavy (non-hydrogen) atoms. The molecule has 3 N–H and O–H groups in total. The molecule has 0 radical (unpaired) electrons. The lowest BCUT2D eigenvalue weighted by atomic mass is 9.71. The third kappa shape index (κ3) is 3.68. The van der Waals surface area contributed by atoms with E-state index in [1.807, 2.05) is 0 Å². The van der Waals surface area contributed by atoms with Crippen LogP contribution in [0, 0.1) is 0 Å². The number of hydrogen-bond acceptors (Lipinski definition) is 2. The quantitative estimate of drug-likeness (QED) is 0.899. The number of nitrogens with two attached hydrogens (primary N) is 1. The van der Waals surface area contributed by atoms with Gasteiger partial charge in [-0.05, 0) is 43.9 Å². The summed E-state index contributed by atoms with van der Waals surface area (Å²) in [6.07, 6.45) is -2.25. The predicted molar refractivity (Wildman–Crippen MR) is 76.0 cm³/mol. The number of hydrogen-bond donors (Lipinski definition) is 2.